The van der Waals surface area contributed by atoms with E-state index in [-0.39, 0.29) is 12.0 Å². The van der Waals surface area contributed by atoms with Crippen molar-refractivity contribution in [2.45, 2.75) is 25.9 Å². The van der Waals surface area contributed by atoms with Crippen LogP contribution in [0.1, 0.15) is 28.8 Å². The lowest BCUT2D eigenvalue weighted by molar-refractivity contribution is 0.0975. The summed E-state index contributed by atoms with van der Waals surface area (Å²) < 4.78 is 10.8. The van der Waals surface area contributed by atoms with Crippen molar-refractivity contribution in [3.8, 4) is 5.75 Å². The molecule has 0 spiro atoms. The van der Waals surface area contributed by atoms with Crippen LogP contribution in [0.5, 0.6) is 5.75 Å². The fourth-order valence-electron chi connectivity index (χ4n) is 2.90. The molecule has 1 saturated heterocycles. The first-order valence-corrected chi connectivity index (χ1v) is 9.09. The smallest absolute Gasteiger partial charge is 0.258 e. The fourth-order valence-corrected chi connectivity index (χ4v) is 2.90. The molecule has 142 valence electrons. The highest BCUT2D eigenvalue weighted by molar-refractivity contribution is 6.10. The van der Waals surface area contributed by atoms with Crippen LogP contribution >= 0.6 is 0 Å². The molecule has 0 unspecified atom stereocenters. The van der Waals surface area contributed by atoms with Gasteiger partial charge in [-0.1, -0.05) is 18.2 Å². The number of nitrogens with one attached hydrogen (secondary N) is 2. The van der Waals surface area contributed by atoms with Crippen molar-refractivity contribution < 1.29 is 14.3 Å². The number of aliphatic imine (C=N–C) groups is 1. The minimum atomic E-state index is -0.250. The number of nitrogens with zero attached hydrogens (tertiary/aromatic N) is 1. The number of aryl methyl sites for hydroxylation is 1. The Hall–Kier alpha value is -2.86. The molecule has 3 rings (SSSR count). The average Bonchev–Trinajstić information content (AvgIpc) is 3.20. The summed E-state index contributed by atoms with van der Waals surface area (Å²) >= 11 is 0. The van der Waals surface area contributed by atoms with Crippen molar-refractivity contribution in [1.82, 2.24) is 5.32 Å². The summed E-state index contributed by atoms with van der Waals surface area (Å²) in [5.41, 5.74) is 2.50. The molecule has 0 aromatic heterocycles. The first-order chi connectivity index (χ1) is 13.1. The average molecular weight is 367 g/mol. The Balaban J connectivity index is 1.75. The van der Waals surface area contributed by atoms with Crippen LogP contribution in [-0.4, -0.2) is 38.2 Å². The number of carbonyl (C=O) groups excluding carboxylic acids is 1. The van der Waals surface area contributed by atoms with Crippen LogP contribution in [0.15, 0.2) is 53.5 Å². The lowest BCUT2D eigenvalue weighted by atomic mass is 10.2. The molecular weight excluding hydrogens is 342 g/mol. The number of rotatable bonds is 5. The Bertz CT molecular complexity index is 814. The lowest BCUT2D eigenvalue weighted by Gasteiger charge is -2.14. The maximum Gasteiger partial charge on any atom is 0.258 e. The Morgan fingerprint density at radius 3 is 2.85 bits per heavy atom. The van der Waals surface area contributed by atoms with Gasteiger partial charge in [0.25, 0.3) is 5.91 Å². The highest BCUT2D eigenvalue weighted by atomic mass is 16.5. The van der Waals surface area contributed by atoms with Gasteiger partial charge in [0.1, 0.15) is 5.75 Å². The Morgan fingerprint density at radius 1 is 1.26 bits per heavy atom. The molecule has 0 aliphatic carbocycles. The van der Waals surface area contributed by atoms with Crippen molar-refractivity contribution in [1.29, 1.82) is 0 Å². The minimum Gasteiger partial charge on any atom is -0.497 e. The molecule has 1 atom stereocenters. The van der Waals surface area contributed by atoms with Crippen LogP contribution in [-0.2, 0) is 4.74 Å². The molecule has 1 aliphatic rings. The first-order valence-electron chi connectivity index (χ1n) is 9.09. The van der Waals surface area contributed by atoms with Gasteiger partial charge >= 0.3 is 0 Å². The second-order valence-electron chi connectivity index (χ2n) is 6.50. The number of guanidine groups is 1. The van der Waals surface area contributed by atoms with E-state index in [4.69, 9.17) is 9.47 Å². The van der Waals surface area contributed by atoms with Gasteiger partial charge in [-0.05, 0) is 55.7 Å². The molecule has 27 heavy (non-hydrogen) atoms. The molecule has 2 aromatic carbocycles. The molecule has 6 nitrogen and oxygen atoms in total. The van der Waals surface area contributed by atoms with E-state index in [9.17, 15) is 4.79 Å². The van der Waals surface area contributed by atoms with Crippen molar-refractivity contribution in [3.63, 3.8) is 0 Å². The van der Waals surface area contributed by atoms with Gasteiger partial charge in [0, 0.05) is 17.9 Å². The van der Waals surface area contributed by atoms with Crippen LogP contribution < -0.4 is 15.4 Å². The van der Waals surface area contributed by atoms with Crippen LogP contribution in [0.3, 0.4) is 0 Å². The van der Waals surface area contributed by atoms with Gasteiger partial charge in [-0.2, -0.15) is 0 Å². The third-order valence-electron chi connectivity index (χ3n) is 4.32. The van der Waals surface area contributed by atoms with Gasteiger partial charge in [0.05, 0.1) is 19.8 Å². The molecule has 6 heteroatoms. The standard InChI is InChI=1S/C21H25N3O3/c1-15-6-3-8-17(12-15)23-21(22-14-19-10-5-11-27-19)24-20(25)16-7-4-9-18(13-16)26-2/h3-4,6-9,12-13,19H,5,10-11,14H2,1-2H3,(H2,22,23,24,25)/t19-/m0/s1. The molecule has 0 bridgehead atoms. The summed E-state index contributed by atoms with van der Waals surface area (Å²) in [6.07, 6.45) is 2.15. The summed E-state index contributed by atoms with van der Waals surface area (Å²) in [4.78, 5) is 17.2. The van der Waals surface area contributed by atoms with Gasteiger partial charge in [0.2, 0.25) is 5.96 Å². The number of hydrogen-bond acceptors (Lipinski definition) is 4. The van der Waals surface area contributed by atoms with Crippen molar-refractivity contribution in [3.05, 3.63) is 59.7 Å². The van der Waals surface area contributed by atoms with Gasteiger partial charge in [-0.25, -0.2) is 4.99 Å². The Morgan fingerprint density at radius 2 is 2.11 bits per heavy atom. The molecule has 2 aromatic rings. The third-order valence-corrected chi connectivity index (χ3v) is 4.32. The highest BCUT2D eigenvalue weighted by Gasteiger charge is 2.16. The predicted octanol–water partition coefficient (Wildman–Crippen LogP) is 3.38. The fraction of sp³-hybridized carbons (Fsp3) is 0.333. The summed E-state index contributed by atoms with van der Waals surface area (Å²) in [5.74, 6) is 0.788. The van der Waals surface area contributed by atoms with Crippen LogP contribution in [0.25, 0.3) is 0 Å². The number of amides is 1. The van der Waals surface area contributed by atoms with E-state index in [0.717, 1.165) is 30.7 Å². The SMILES string of the molecule is COc1cccc(C(=O)NC(=NC[C@@H]2CCCO2)Nc2cccc(C)c2)c1. The predicted molar refractivity (Wildman–Crippen MR) is 107 cm³/mol. The Labute approximate surface area is 159 Å². The largest absolute Gasteiger partial charge is 0.497 e. The summed E-state index contributed by atoms with van der Waals surface area (Å²) in [6, 6.07) is 14.9. The van der Waals surface area contributed by atoms with Crippen molar-refractivity contribution in [2.24, 2.45) is 4.99 Å². The van der Waals surface area contributed by atoms with E-state index < -0.39 is 0 Å². The normalized spacial score (nSPS) is 16.8. The second-order valence-corrected chi connectivity index (χ2v) is 6.50. The minimum absolute atomic E-state index is 0.105. The van der Waals surface area contributed by atoms with Crippen molar-refractivity contribution in [2.75, 3.05) is 25.6 Å². The molecule has 1 aliphatic heterocycles. The number of anilines is 1. The molecule has 1 heterocycles. The topological polar surface area (TPSA) is 72.0 Å². The number of carbonyl (C=O) groups is 1. The zero-order valence-electron chi connectivity index (χ0n) is 15.7. The molecule has 1 fully saturated rings. The van der Waals surface area contributed by atoms with Crippen LogP contribution in [0.4, 0.5) is 5.69 Å². The number of methoxy groups -OCH3 is 1. The van der Waals surface area contributed by atoms with Gasteiger partial charge in [-0.3, -0.25) is 10.1 Å². The molecular formula is C21H25N3O3. The van der Waals surface area contributed by atoms with Gasteiger partial charge in [0.15, 0.2) is 0 Å². The zero-order valence-corrected chi connectivity index (χ0v) is 15.7. The summed E-state index contributed by atoms with van der Waals surface area (Å²) in [5, 5.41) is 6.07. The summed E-state index contributed by atoms with van der Waals surface area (Å²) in [6.45, 7) is 3.30. The molecule has 0 saturated carbocycles. The van der Waals surface area contributed by atoms with E-state index in [2.05, 4.69) is 15.6 Å². The second kappa shape index (κ2) is 9.19. The molecule has 0 radical (unpaired) electrons. The van der Waals surface area contributed by atoms with Crippen LogP contribution in [0.2, 0.25) is 0 Å². The van der Waals surface area contributed by atoms with Gasteiger partial charge < -0.3 is 14.8 Å². The first kappa shape index (κ1) is 18.9. The van der Waals surface area contributed by atoms with E-state index in [1.54, 1.807) is 31.4 Å². The van der Waals surface area contributed by atoms with Crippen molar-refractivity contribution >= 4 is 17.6 Å². The highest BCUT2D eigenvalue weighted by Crippen LogP contribution is 2.14. The Kier molecular flexibility index (Phi) is 6.44. The van der Waals surface area contributed by atoms with Gasteiger partial charge in [-0.15, -0.1) is 0 Å². The number of ether oxygens (including phenoxy) is 2. The quantitative estimate of drug-likeness (QED) is 0.628. The monoisotopic (exact) mass is 367 g/mol. The van der Waals surface area contributed by atoms with E-state index >= 15 is 0 Å². The summed E-state index contributed by atoms with van der Waals surface area (Å²) in [7, 11) is 1.57. The van der Waals surface area contributed by atoms with E-state index in [1.165, 1.54) is 0 Å². The van der Waals surface area contributed by atoms with Crippen LogP contribution in [0, 0.1) is 6.92 Å². The maximum absolute atomic E-state index is 12.7. The third kappa shape index (κ3) is 5.56. The number of benzene rings is 2. The maximum atomic E-state index is 12.7. The zero-order chi connectivity index (χ0) is 19.1. The van der Waals surface area contributed by atoms with E-state index in [1.807, 2.05) is 31.2 Å². The molecule has 2 N–H and O–H groups in total. The molecule has 1 amide bonds. The number of hydrogen-bond donors (Lipinski definition) is 2. The lowest BCUT2D eigenvalue weighted by Crippen LogP contribution is -2.36. The van der Waals surface area contributed by atoms with E-state index in [0.29, 0.717) is 23.8 Å².